The molecule has 1 aliphatic rings. The van der Waals surface area contributed by atoms with Crippen LogP contribution in [0.5, 0.6) is 0 Å². The predicted molar refractivity (Wildman–Crippen MR) is 66.1 cm³/mol. The molecule has 2 amide bonds. The van der Waals surface area contributed by atoms with Crippen LogP contribution >= 0.6 is 0 Å². The topological polar surface area (TPSA) is 50.8 Å². The number of morpholine rings is 1. The van der Waals surface area contributed by atoms with E-state index in [9.17, 15) is 4.79 Å². The fourth-order valence-electron chi connectivity index (χ4n) is 1.53. The standard InChI is InChI=1S/C12H24N2O3/c1-11(2)3-7-16-8-4-13-12(15)14-5-9-17-10-6-14/h11H,3-10H2,1-2H3,(H,13,15). The van der Waals surface area contributed by atoms with Gasteiger partial charge in [0.15, 0.2) is 0 Å². The van der Waals surface area contributed by atoms with Gasteiger partial charge < -0.3 is 19.7 Å². The number of nitrogens with one attached hydrogen (secondary N) is 1. The summed E-state index contributed by atoms with van der Waals surface area (Å²) in [5.74, 6) is 0.665. The summed E-state index contributed by atoms with van der Waals surface area (Å²) in [6.45, 7) is 8.91. The summed E-state index contributed by atoms with van der Waals surface area (Å²) in [5, 5.41) is 2.85. The van der Waals surface area contributed by atoms with Crippen molar-refractivity contribution in [2.24, 2.45) is 5.92 Å². The van der Waals surface area contributed by atoms with Gasteiger partial charge in [-0.15, -0.1) is 0 Å². The van der Waals surface area contributed by atoms with E-state index in [-0.39, 0.29) is 6.03 Å². The molecule has 0 aromatic rings. The number of amides is 2. The van der Waals surface area contributed by atoms with Crippen molar-refractivity contribution >= 4 is 6.03 Å². The SMILES string of the molecule is CC(C)CCOCCNC(=O)N1CCOCC1. The Morgan fingerprint density at radius 2 is 2.06 bits per heavy atom. The molecule has 1 rings (SSSR count). The molecule has 5 heteroatoms. The second kappa shape index (κ2) is 8.31. The Kier molecular flexibility index (Phi) is 6.96. The number of rotatable bonds is 6. The van der Waals surface area contributed by atoms with Gasteiger partial charge in [0, 0.05) is 26.2 Å². The monoisotopic (exact) mass is 244 g/mol. The molecule has 100 valence electrons. The van der Waals surface area contributed by atoms with Gasteiger partial charge in [0.1, 0.15) is 0 Å². The van der Waals surface area contributed by atoms with Crippen LogP contribution in [0.2, 0.25) is 0 Å². The molecule has 5 nitrogen and oxygen atoms in total. The van der Waals surface area contributed by atoms with Crippen LogP contribution in [-0.2, 0) is 9.47 Å². The maximum Gasteiger partial charge on any atom is 0.317 e. The molecule has 0 aromatic heterocycles. The maximum atomic E-state index is 11.6. The van der Waals surface area contributed by atoms with Crippen molar-refractivity contribution in [3.63, 3.8) is 0 Å². The summed E-state index contributed by atoms with van der Waals surface area (Å²) < 4.78 is 10.6. The number of hydrogen-bond donors (Lipinski definition) is 1. The van der Waals surface area contributed by atoms with Crippen LogP contribution in [0.3, 0.4) is 0 Å². The lowest BCUT2D eigenvalue weighted by Gasteiger charge is -2.26. The van der Waals surface area contributed by atoms with E-state index in [4.69, 9.17) is 9.47 Å². The van der Waals surface area contributed by atoms with Crippen molar-refractivity contribution in [1.29, 1.82) is 0 Å². The van der Waals surface area contributed by atoms with Crippen molar-refractivity contribution in [3.8, 4) is 0 Å². The highest BCUT2D eigenvalue weighted by molar-refractivity contribution is 5.74. The third-order valence-electron chi connectivity index (χ3n) is 2.66. The average molecular weight is 244 g/mol. The van der Waals surface area contributed by atoms with E-state index in [1.807, 2.05) is 0 Å². The quantitative estimate of drug-likeness (QED) is 0.712. The van der Waals surface area contributed by atoms with Crippen LogP contribution in [0.4, 0.5) is 4.79 Å². The Bertz CT molecular complexity index is 216. The molecule has 0 spiro atoms. The number of hydrogen-bond acceptors (Lipinski definition) is 3. The van der Waals surface area contributed by atoms with Crippen molar-refractivity contribution in [1.82, 2.24) is 10.2 Å². The molecule has 0 unspecified atom stereocenters. The van der Waals surface area contributed by atoms with Crippen molar-refractivity contribution in [2.45, 2.75) is 20.3 Å². The largest absolute Gasteiger partial charge is 0.380 e. The van der Waals surface area contributed by atoms with Crippen LogP contribution < -0.4 is 5.32 Å². The van der Waals surface area contributed by atoms with Gasteiger partial charge >= 0.3 is 6.03 Å². The van der Waals surface area contributed by atoms with E-state index >= 15 is 0 Å². The summed E-state index contributed by atoms with van der Waals surface area (Å²) in [5.41, 5.74) is 0. The first-order chi connectivity index (χ1) is 8.20. The highest BCUT2D eigenvalue weighted by Crippen LogP contribution is 1.99. The molecule has 17 heavy (non-hydrogen) atoms. The molecular weight excluding hydrogens is 220 g/mol. The Morgan fingerprint density at radius 1 is 1.35 bits per heavy atom. The summed E-state index contributed by atoms with van der Waals surface area (Å²) in [6, 6.07) is -0.0132. The van der Waals surface area contributed by atoms with Gasteiger partial charge in [-0.1, -0.05) is 13.8 Å². The lowest BCUT2D eigenvalue weighted by Crippen LogP contribution is -2.46. The van der Waals surface area contributed by atoms with Gasteiger partial charge in [0.25, 0.3) is 0 Å². The summed E-state index contributed by atoms with van der Waals surface area (Å²) >= 11 is 0. The molecule has 0 saturated carbocycles. The lowest BCUT2D eigenvalue weighted by molar-refractivity contribution is 0.0523. The molecular formula is C12H24N2O3. The summed E-state index contributed by atoms with van der Waals surface area (Å²) in [4.78, 5) is 13.4. The molecule has 1 saturated heterocycles. The molecule has 1 heterocycles. The molecule has 1 N–H and O–H groups in total. The van der Waals surface area contributed by atoms with Gasteiger partial charge in [-0.05, 0) is 12.3 Å². The van der Waals surface area contributed by atoms with Gasteiger partial charge in [-0.3, -0.25) is 0 Å². The number of ether oxygens (including phenoxy) is 2. The summed E-state index contributed by atoms with van der Waals surface area (Å²) in [7, 11) is 0. The zero-order valence-electron chi connectivity index (χ0n) is 10.9. The second-order valence-corrected chi connectivity index (χ2v) is 4.63. The lowest BCUT2D eigenvalue weighted by atomic mass is 10.1. The van der Waals surface area contributed by atoms with Crippen LogP contribution in [0.25, 0.3) is 0 Å². The van der Waals surface area contributed by atoms with Gasteiger partial charge in [-0.2, -0.15) is 0 Å². The minimum absolute atomic E-state index is 0.0132. The first kappa shape index (κ1) is 14.3. The van der Waals surface area contributed by atoms with E-state index < -0.39 is 0 Å². The molecule has 0 bridgehead atoms. The van der Waals surface area contributed by atoms with Gasteiger partial charge in [-0.25, -0.2) is 4.79 Å². The molecule has 1 fully saturated rings. The van der Waals surface area contributed by atoms with Crippen LogP contribution in [0.1, 0.15) is 20.3 Å². The number of nitrogens with zero attached hydrogens (tertiary/aromatic N) is 1. The first-order valence-corrected chi connectivity index (χ1v) is 6.38. The Balaban J connectivity index is 1.96. The zero-order valence-corrected chi connectivity index (χ0v) is 10.9. The van der Waals surface area contributed by atoms with E-state index in [1.54, 1.807) is 4.90 Å². The van der Waals surface area contributed by atoms with E-state index in [1.165, 1.54) is 0 Å². The highest BCUT2D eigenvalue weighted by Gasteiger charge is 2.15. The predicted octanol–water partition coefficient (Wildman–Crippen LogP) is 1.09. The van der Waals surface area contributed by atoms with E-state index in [0.717, 1.165) is 13.0 Å². The Labute approximate surface area is 103 Å². The molecule has 1 aliphatic heterocycles. The Morgan fingerprint density at radius 3 is 2.71 bits per heavy atom. The van der Waals surface area contributed by atoms with E-state index in [0.29, 0.717) is 45.4 Å². The maximum absolute atomic E-state index is 11.6. The first-order valence-electron chi connectivity index (χ1n) is 6.38. The number of carbonyl (C=O) groups is 1. The fourth-order valence-corrected chi connectivity index (χ4v) is 1.53. The minimum Gasteiger partial charge on any atom is -0.380 e. The van der Waals surface area contributed by atoms with Crippen molar-refractivity contribution < 1.29 is 14.3 Å². The third kappa shape index (κ3) is 6.48. The minimum atomic E-state index is -0.0132. The highest BCUT2D eigenvalue weighted by atomic mass is 16.5. The Hall–Kier alpha value is -0.810. The molecule has 0 aliphatic carbocycles. The smallest absolute Gasteiger partial charge is 0.317 e. The summed E-state index contributed by atoms with van der Waals surface area (Å²) in [6.07, 6.45) is 1.07. The van der Waals surface area contributed by atoms with Gasteiger partial charge in [0.05, 0.1) is 19.8 Å². The van der Waals surface area contributed by atoms with E-state index in [2.05, 4.69) is 19.2 Å². The third-order valence-corrected chi connectivity index (χ3v) is 2.66. The average Bonchev–Trinajstić information content (AvgIpc) is 2.34. The normalized spacial score (nSPS) is 16.3. The second-order valence-electron chi connectivity index (χ2n) is 4.63. The number of carbonyl (C=O) groups excluding carboxylic acids is 1. The fraction of sp³-hybridized carbons (Fsp3) is 0.917. The number of urea groups is 1. The molecule has 0 atom stereocenters. The van der Waals surface area contributed by atoms with Gasteiger partial charge in [0.2, 0.25) is 0 Å². The van der Waals surface area contributed by atoms with Crippen molar-refractivity contribution in [2.75, 3.05) is 46.1 Å². The molecule has 0 aromatic carbocycles. The zero-order chi connectivity index (χ0) is 12.5. The van der Waals surface area contributed by atoms with Crippen LogP contribution in [0.15, 0.2) is 0 Å². The molecule has 0 radical (unpaired) electrons. The van der Waals surface area contributed by atoms with Crippen LogP contribution in [0, 0.1) is 5.92 Å². The van der Waals surface area contributed by atoms with Crippen molar-refractivity contribution in [3.05, 3.63) is 0 Å². The van der Waals surface area contributed by atoms with Crippen LogP contribution in [-0.4, -0.2) is 57.0 Å².